The van der Waals surface area contributed by atoms with Crippen molar-refractivity contribution in [1.82, 2.24) is 21.3 Å². The number of nitrogens with two attached hydrogens (primary N) is 1. The minimum absolute atomic E-state index is 0.0547. The van der Waals surface area contributed by atoms with Crippen molar-refractivity contribution in [2.75, 3.05) is 0 Å². The first-order valence-electron chi connectivity index (χ1n) is 19.8. The van der Waals surface area contributed by atoms with Gasteiger partial charge in [0.1, 0.15) is 24.2 Å². The van der Waals surface area contributed by atoms with Crippen LogP contribution in [0.3, 0.4) is 0 Å². The molecule has 59 heavy (non-hydrogen) atoms. The van der Waals surface area contributed by atoms with Gasteiger partial charge in [0.05, 0.1) is 6.42 Å². The number of carboxylic acid groups (broad SMARTS) is 1. The lowest BCUT2D eigenvalue weighted by molar-refractivity contribution is -0.140. The third kappa shape index (κ3) is 10.6. The molecule has 6 rings (SSSR count). The van der Waals surface area contributed by atoms with Gasteiger partial charge in [0, 0.05) is 19.3 Å². The average Bonchev–Trinajstić information content (AvgIpc) is 3.21. The van der Waals surface area contributed by atoms with Crippen molar-refractivity contribution >= 4 is 67.8 Å². The van der Waals surface area contributed by atoms with Gasteiger partial charge in [0.2, 0.25) is 29.5 Å². The Hall–Kier alpha value is -6.82. The monoisotopic (exact) mass is 795 g/mol. The lowest BCUT2D eigenvalue weighted by atomic mass is 9.90. The molecule has 0 unspecified atom stereocenters. The molecule has 12 heteroatoms. The first-order chi connectivity index (χ1) is 28.4. The molecule has 4 atom stereocenters. The largest absolute Gasteiger partial charge is 0.481 e. The SMILES string of the molecule is CC(C)[C@H](NC(=O)[C@H](Cc1ccccc1)NC(=O)[C@H](Cc1ccccc1)NC(=O)CCCc1ccc2ccc3cccc4ccc1c2c34)C(=O)N[C@@H](CC(=O)O)C(N)=O. The molecule has 0 aliphatic carbocycles. The van der Waals surface area contributed by atoms with Crippen molar-refractivity contribution in [3.63, 3.8) is 0 Å². The van der Waals surface area contributed by atoms with Gasteiger partial charge in [-0.2, -0.15) is 0 Å². The Morgan fingerprint density at radius 1 is 0.576 bits per heavy atom. The number of carbonyl (C=O) groups excluding carboxylic acids is 5. The van der Waals surface area contributed by atoms with Gasteiger partial charge >= 0.3 is 5.97 Å². The quantitative estimate of drug-likeness (QED) is 0.0624. The van der Waals surface area contributed by atoms with Gasteiger partial charge in [-0.1, -0.05) is 129 Å². The van der Waals surface area contributed by atoms with Gasteiger partial charge in [-0.25, -0.2) is 0 Å². The summed E-state index contributed by atoms with van der Waals surface area (Å²) in [5.41, 5.74) is 8.00. The molecule has 304 valence electrons. The second-order valence-electron chi connectivity index (χ2n) is 15.3. The van der Waals surface area contributed by atoms with Gasteiger partial charge in [-0.15, -0.1) is 0 Å². The number of carboxylic acids is 1. The van der Waals surface area contributed by atoms with Crippen molar-refractivity contribution in [2.24, 2.45) is 11.7 Å². The maximum absolute atomic E-state index is 14.2. The van der Waals surface area contributed by atoms with Crippen LogP contribution in [0.5, 0.6) is 0 Å². The molecule has 0 radical (unpaired) electrons. The van der Waals surface area contributed by atoms with Crippen LogP contribution >= 0.6 is 0 Å². The number of amides is 5. The number of aliphatic carboxylic acids is 1. The summed E-state index contributed by atoms with van der Waals surface area (Å²) in [6.45, 7) is 3.34. The van der Waals surface area contributed by atoms with Crippen molar-refractivity contribution < 1.29 is 33.9 Å². The highest BCUT2D eigenvalue weighted by Crippen LogP contribution is 2.36. The van der Waals surface area contributed by atoms with E-state index in [2.05, 4.69) is 75.9 Å². The van der Waals surface area contributed by atoms with Gasteiger partial charge < -0.3 is 32.1 Å². The molecule has 0 bridgehead atoms. The topological polar surface area (TPSA) is 197 Å². The van der Waals surface area contributed by atoms with Crippen LogP contribution in [0.2, 0.25) is 0 Å². The molecular formula is C47H49N5O7. The number of primary amides is 1. The molecule has 0 aliphatic heterocycles. The zero-order chi connectivity index (χ0) is 42.1. The fourth-order valence-corrected chi connectivity index (χ4v) is 7.56. The first kappa shape index (κ1) is 41.8. The fourth-order valence-electron chi connectivity index (χ4n) is 7.56. The summed E-state index contributed by atoms with van der Waals surface area (Å²) < 4.78 is 0. The zero-order valence-corrected chi connectivity index (χ0v) is 33.1. The highest BCUT2D eigenvalue weighted by atomic mass is 16.4. The van der Waals surface area contributed by atoms with Gasteiger partial charge in [0.15, 0.2) is 0 Å². The van der Waals surface area contributed by atoms with Crippen LogP contribution in [-0.4, -0.2) is 64.8 Å². The molecular weight excluding hydrogens is 747 g/mol. The van der Waals surface area contributed by atoms with Crippen LogP contribution in [0.1, 0.15) is 49.8 Å². The average molecular weight is 796 g/mol. The second-order valence-corrected chi connectivity index (χ2v) is 15.3. The van der Waals surface area contributed by atoms with Crippen molar-refractivity contribution in [3.05, 3.63) is 132 Å². The zero-order valence-electron chi connectivity index (χ0n) is 33.1. The normalized spacial score (nSPS) is 13.4. The predicted molar refractivity (Wildman–Crippen MR) is 227 cm³/mol. The molecule has 0 saturated carbocycles. The Morgan fingerprint density at radius 2 is 1.10 bits per heavy atom. The maximum Gasteiger partial charge on any atom is 0.305 e. The van der Waals surface area contributed by atoms with Crippen LogP contribution in [-0.2, 0) is 48.0 Å². The summed E-state index contributed by atoms with van der Waals surface area (Å²) in [7, 11) is 0. The van der Waals surface area contributed by atoms with E-state index in [4.69, 9.17) is 5.73 Å². The van der Waals surface area contributed by atoms with Crippen LogP contribution in [0.15, 0.2) is 115 Å². The standard InChI is InChI=1S/C47H49N5O7/c1-28(2)43(47(59)50-36(44(48)56)27-40(54)55)52-46(58)38(26-30-13-7-4-8-14-30)51-45(57)37(25-29-11-5-3-6-12-29)49-39(53)18-10-15-31-19-20-34-22-21-32-16-9-17-33-23-24-35(31)42(34)41(32)33/h3-9,11-14,16-17,19-24,28,36-38,43H,10,15,18,25-27H2,1-2H3,(H2,48,56)(H,49,53)(H,50,59)(H,51,57)(H,52,58)(H,54,55)/t36-,37-,38-,43-/m0/s1. The van der Waals surface area contributed by atoms with Crippen molar-refractivity contribution in [1.29, 1.82) is 0 Å². The van der Waals surface area contributed by atoms with E-state index < -0.39 is 66.1 Å². The van der Waals surface area contributed by atoms with Crippen LogP contribution in [0, 0.1) is 5.92 Å². The van der Waals surface area contributed by atoms with Crippen molar-refractivity contribution in [3.8, 4) is 0 Å². The van der Waals surface area contributed by atoms with Gasteiger partial charge in [-0.3, -0.25) is 28.8 Å². The molecule has 0 aromatic heterocycles. The Labute approximate surface area is 342 Å². The molecule has 0 spiro atoms. The number of hydrogen-bond acceptors (Lipinski definition) is 6. The van der Waals surface area contributed by atoms with E-state index in [1.54, 1.807) is 38.1 Å². The second kappa shape index (κ2) is 19.1. The molecule has 7 N–H and O–H groups in total. The van der Waals surface area contributed by atoms with Gasteiger partial charge in [0.25, 0.3) is 0 Å². The summed E-state index contributed by atoms with van der Waals surface area (Å²) in [4.78, 5) is 78.3. The van der Waals surface area contributed by atoms with E-state index in [1.807, 2.05) is 36.4 Å². The summed E-state index contributed by atoms with van der Waals surface area (Å²) in [5.74, 6) is -5.29. The number of rotatable bonds is 19. The third-order valence-electron chi connectivity index (χ3n) is 10.6. The first-order valence-corrected chi connectivity index (χ1v) is 19.8. The Bertz CT molecular complexity index is 2440. The van der Waals surface area contributed by atoms with E-state index in [9.17, 15) is 33.9 Å². The smallest absolute Gasteiger partial charge is 0.305 e. The third-order valence-corrected chi connectivity index (χ3v) is 10.6. The number of carbonyl (C=O) groups is 6. The number of benzene rings is 6. The van der Waals surface area contributed by atoms with E-state index in [0.29, 0.717) is 12.8 Å². The Kier molecular flexibility index (Phi) is 13.5. The van der Waals surface area contributed by atoms with Crippen LogP contribution < -0.4 is 27.0 Å². The number of nitrogens with one attached hydrogen (secondary N) is 4. The lowest BCUT2D eigenvalue weighted by Crippen LogP contribution is -2.60. The molecule has 0 fully saturated rings. The Morgan fingerprint density at radius 3 is 1.68 bits per heavy atom. The van der Waals surface area contributed by atoms with E-state index in [1.165, 1.54) is 21.5 Å². The minimum atomic E-state index is -1.50. The minimum Gasteiger partial charge on any atom is -0.481 e. The lowest BCUT2D eigenvalue weighted by Gasteiger charge is -2.28. The van der Waals surface area contributed by atoms with Crippen LogP contribution in [0.4, 0.5) is 0 Å². The molecule has 6 aromatic carbocycles. The molecule has 0 aliphatic rings. The molecule has 0 heterocycles. The summed E-state index contributed by atoms with van der Waals surface area (Å²) in [6.07, 6.45) is 0.823. The Balaban J connectivity index is 1.17. The van der Waals surface area contributed by atoms with E-state index >= 15 is 0 Å². The highest BCUT2D eigenvalue weighted by Gasteiger charge is 2.33. The summed E-state index contributed by atoms with van der Waals surface area (Å²) in [5, 5.41) is 27.1. The summed E-state index contributed by atoms with van der Waals surface area (Å²) >= 11 is 0. The fraction of sp³-hybridized carbons (Fsp3) is 0.277. The summed E-state index contributed by atoms with van der Waals surface area (Å²) in [6, 6.07) is 32.4. The maximum atomic E-state index is 14.2. The molecule has 6 aromatic rings. The molecule has 0 saturated heterocycles. The predicted octanol–water partition coefficient (Wildman–Crippen LogP) is 4.95. The number of hydrogen-bond donors (Lipinski definition) is 6. The molecule has 12 nitrogen and oxygen atoms in total. The van der Waals surface area contributed by atoms with Crippen LogP contribution in [0.25, 0.3) is 32.3 Å². The number of aryl methyl sites for hydroxylation is 1. The molecule has 5 amide bonds. The van der Waals surface area contributed by atoms with E-state index in [-0.39, 0.29) is 25.2 Å². The van der Waals surface area contributed by atoms with E-state index in [0.717, 1.165) is 27.5 Å². The highest BCUT2D eigenvalue weighted by molar-refractivity contribution is 6.23. The van der Waals surface area contributed by atoms with Gasteiger partial charge in [-0.05, 0) is 67.8 Å². The van der Waals surface area contributed by atoms with Crippen molar-refractivity contribution in [2.45, 2.75) is 76.5 Å².